The third-order valence-electron chi connectivity index (χ3n) is 2.39. The van der Waals surface area contributed by atoms with E-state index < -0.39 is 0 Å². The molecule has 0 aliphatic carbocycles. The van der Waals surface area contributed by atoms with Crippen LogP contribution >= 0.6 is 0 Å². The fourth-order valence-electron chi connectivity index (χ4n) is 1.36. The van der Waals surface area contributed by atoms with Crippen LogP contribution in [0.15, 0.2) is 23.4 Å². The molecule has 0 aromatic carbocycles. The molecule has 0 saturated carbocycles. The molecule has 96 valence electrons. The first-order valence-corrected chi connectivity index (χ1v) is 6.13. The number of hydrogen-bond acceptors (Lipinski definition) is 4. The Morgan fingerprint density at radius 3 is 3.06 bits per heavy atom. The Labute approximate surface area is 102 Å². The Morgan fingerprint density at radius 2 is 2.29 bits per heavy atom. The van der Waals surface area contributed by atoms with E-state index in [9.17, 15) is 4.79 Å². The zero-order valence-electron chi connectivity index (χ0n) is 10.4. The van der Waals surface area contributed by atoms with E-state index in [4.69, 9.17) is 4.74 Å². The van der Waals surface area contributed by atoms with Crippen LogP contribution < -0.4 is 10.9 Å². The predicted octanol–water partition coefficient (Wildman–Crippen LogP) is 0.650. The Hall–Kier alpha value is -1.20. The normalized spacial score (nSPS) is 10.6. The van der Waals surface area contributed by atoms with Gasteiger partial charge in [-0.3, -0.25) is 9.36 Å². The maximum atomic E-state index is 11.3. The van der Waals surface area contributed by atoms with Crippen LogP contribution in [-0.4, -0.2) is 35.9 Å². The summed E-state index contributed by atoms with van der Waals surface area (Å²) in [6.45, 7) is 5.92. The number of unbranched alkanes of at least 4 members (excludes halogenated alkanes) is 1. The Bertz CT molecular complexity index is 352. The van der Waals surface area contributed by atoms with Gasteiger partial charge >= 0.3 is 0 Å². The summed E-state index contributed by atoms with van der Waals surface area (Å²) in [5.74, 6) is 0. The first kappa shape index (κ1) is 13.9. The second-order valence-electron chi connectivity index (χ2n) is 3.83. The molecule has 1 rings (SSSR count). The van der Waals surface area contributed by atoms with Crippen molar-refractivity contribution in [3.05, 3.63) is 28.9 Å². The zero-order valence-corrected chi connectivity index (χ0v) is 10.4. The van der Waals surface area contributed by atoms with Crippen LogP contribution in [0.2, 0.25) is 0 Å². The van der Waals surface area contributed by atoms with Crippen LogP contribution in [0.25, 0.3) is 0 Å². The average molecular weight is 239 g/mol. The molecule has 17 heavy (non-hydrogen) atoms. The summed E-state index contributed by atoms with van der Waals surface area (Å²) in [4.78, 5) is 15.2. The van der Waals surface area contributed by atoms with Gasteiger partial charge in [0, 0.05) is 38.5 Å². The number of rotatable bonds is 9. The van der Waals surface area contributed by atoms with E-state index in [0.717, 1.165) is 39.1 Å². The molecule has 1 N–H and O–H groups in total. The molecule has 1 heterocycles. The molecule has 5 heteroatoms. The van der Waals surface area contributed by atoms with E-state index in [1.807, 2.05) is 0 Å². The number of aromatic nitrogens is 2. The van der Waals surface area contributed by atoms with Crippen molar-refractivity contribution in [1.82, 2.24) is 14.9 Å². The lowest BCUT2D eigenvalue weighted by molar-refractivity contribution is 0.133. The van der Waals surface area contributed by atoms with Crippen LogP contribution in [0.5, 0.6) is 0 Å². The summed E-state index contributed by atoms with van der Waals surface area (Å²) < 4.78 is 6.99. The third-order valence-corrected chi connectivity index (χ3v) is 2.39. The molecule has 0 fully saturated rings. The smallest absolute Gasteiger partial charge is 0.253 e. The van der Waals surface area contributed by atoms with Gasteiger partial charge in [-0.05, 0) is 6.42 Å². The second kappa shape index (κ2) is 8.90. The highest BCUT2D eigenvalue weighted by atomic mass is 16.5. The van der Waals surface area contributed by atoms with Gasteiger partial charge in [-0.25, -0.2) is 4.98 Å². The fraction of sp³-hybridized carbons (Fsp3) is 0.667. The predicted molar refractivity (Wildman–Crippen MR) is 67.1 cm³/mol. The molecular formula is C12H21N3O2. The Kier molecular flexibility index (Phi) is 7.25. The summed E-state index contributed by atoms with van der Waals surface area (Å²) in [6.07, 6.45) is 5.35. The van der Waals surface area contributed by atoms with Crippen molar-refractivity contribution in [2.45, 2.75) is 26.3 Å². The molecule has 0 unspecified atom stereocenters. The van der Waals surface area contributed by atoms with Gasteiger partial charge in [-0.1, -0.05) is 13.3 Å². The Morgan fingerprint density at radius 1 is 1.41 bits per heavy atom. The van der Waals surface area contributed by atoms with Gasteiger partial charge in [-0.2, -0.15) is 0 Å². The molecule has 0 amide bonds. The van der Waals surface area contributed by atoms with E-state index in [2.05, 4.69) is 17.2 Å². The molecule has 0 saturated heterocycles. The summed E-state index contributed by atoms with van der Waals surface area (Å²) in [5, 5.41) is 3.23. The molecule has 0 spiro atoms. The van der Waals surface area contributed by atoms with E-state index in [0.29, 0.717) is 6.54 Å². The first-order valence-electron chi connectivity index (χ1n) is 6.13. The molecule has 0 aliphatic rings. The quantitative estimate of drug-likeness (QED) is 0.643. The average Bonchev–Trinajstić information content (AvgIpc) is 2.35. The van der Waals surface area contributed by atoms with Gasteiger partial charge in [0.05, 0.1) is 12.9 Å². The van der Waals surface area contributed by atoms with Gasteiger partial charge < -0.3 is 10.1 Å². The molecule has 1 aromatic heterocycles. The summed E-state index contributed by atoms with van der Waals surface area (Å²) in [6, 6.07) is 1.47. The minimum Gasteiger partial charge on any atom is -0.380 e. The lowest BCUT2D eigenvalue weighted by Crippen LogP contribution is -2.28. The number of nitrogens with zero attached hydrogens (tertiary/aromatic N) is 2. The second-order valence-corrected chi connectivity index (χ2v) is 3.83. The van der Waals surface area contributed by atoms with Gasteiger partial charge in [0.25, 0.3) is 5.56 Å². The highest BCUT2D eigenvalue weighted by molar-refractivity contribution is 4.81. The van der Waals surface area contributed by atoms with Crippen LogP contribution in [-0.2, 0) is 11.3 Å². The van der Waals surface area contributed by atoms with Crippen LogP contribution in [0, 0.1) is 0 Å². The van der Waals surface area contributed by atoms with Crippen molar-refractivity contribution in [2.75, 3.05) is 26.3 Å². The lowest BCUT2D eigenvalue weighted by atomic mass is 10.4. The van der Waals surface area contributed by atoms with Gasteiger partial charge in [0.2, 0.25) is 0 Å². The van der Waals surface area contributed by atoms with E-state index >= 15 is 0 Å². The van der Waals surface area contributed by atoms with Gasteiger partial charge in [-0.15, -0.1) is 0 Å². The highest BCUT2D eigenvalue weighted by Crippen LogP contribution is 1.86. The molecular weight excluding hydrogens is 218 g/mol. The maximum Gasteiger partial charge on any atom is 0.253 e. The van der Waals surface area contributed by atoms with Gasteiger partial charge in [0.1, 0.15) is 0 Å². The SMILES string of the molecule is CCCCOCCNCCn1cnccc1=O. The van der Waals surface area contributed by atoms with Crippen molar-refractivity contribution >= 4 is 0 Å². The first-order chi connectivity index (χ1) is 8.34. The number of ether oxygens (including phenoxy) is 1. The van der Waals surface area contributed by atoms with Crippen molar-refractivity contribution in [3.8, 4) is 0 Å². The zero-order chi connectivity index (χ0) is 12.3. The third kappa shape index (κ3) is 6.19. The van der Waals surface area contributed by atoms with Crippen molar-refractivity contribution in [1.29, 1.82) is 0 Å². The molecule has 0 atom stereocenters. The number of nitrogens with one attached hydrogen (secondary N) is 1. The largest absolute Gasteiger partial charge is 0.380 e. The molecule has 5 nitrogen and oxygen atoms in total. The Balaban J connectivity index is 2.01. The molecule has 0 radical (unpaired) electrons. The van der Waals surface area contributed by atoms with Crippen LogP contribution in [0.1, 0.15) is 19.8 Å². The topological polar surface area (TPSA) is 56.1 Å². The fourth-order valence-corrected chi connectivity index (χ4v) is 1.36. The summed E-state index contributed by atoms with van der Waals surface area (Å²) >= 11 is 0. The van der Waals surface area contributed by atoms with Crippen molar-refractivity contribution in [2.24, 2.45) is 0 Å². The van der Waals surface area contributed by atoms with E-state index in [1.165, 1.54) is 12.3 Å². The van der Waals surface area contributed by atoms with E-state index in [-0.39, 0.29) is 5.56 Å². The van der Waals surface area contributed by atoms with Crippen molar-refractivity contribution in [3.63, 3.8) is 0 Å². The lowest BCUT2D eigenvalue weighted by Gasteiger charge is -2.07. The van der Waals surface area contributed by atoms with Gasteiger partial charge in [0.15, 0.2) is 0 Å². The summed E-state index contributed by atoms with van der Waals surface area (Å²) in [7, 11) is 0. The van der Waals surface area contributed by atoms with Crippen LogP contribution in [0.3, 0.4) is 0 Å². The monoisotopic (exact) mass is 239 g/mol. The summed E-state index contributed by atoms with van der Waals surface area (Å²) in [5.41, 5.74) is -0.0130. The van der Waals surface area contributed by atoms with Crippen LogP contribution in [0.4, 0.5) is 0 Å². The molecule has 0 aliphatic heterocycles. The maximum absolute atomic E-state index is 11.3. The van der Waals surface area contributed by atoms with E-state index in [1.54, 1.807) is 10.9 Å². The standard InChI is InChI=1S/C12H21N3O2/c1-2-3-9-17-10-7-13-6-8-15-11-14-5-4-12(15)16/h4-5,11,13H,2-3,6-10H2,1H3. The molecule has 1 aromatic rings. The van der Waals surface area contributed by atoms with Crippen molar-refractivity contribution < 1.29 is 4.74 Å². The minimum atomic E-state index is -0.0130. The highest BCUT2D eigenvalue weighted by Gasteiger charge is 1.94. The number of hydrogen-bond donors (Lipinski definition) is 1. The minimum absolute atomic E-state index is 0.0130. The molecule has 0 bridgehead atoms.